The predicted molar refractivity (Wildman–Crippen MR) is 101 cm³/mol. The largest absolute Gasteiger partial charge is 0.475 e. The molecule has 4 rings (SSSR count). The highest BCUT2D eigenvalue weighted by Gasteiger charge is 2.12. The SMILES string of the molecule is Cc1cc(F)ccc1-c1cc2nnc(Nc3ccc(C(=O)O)o3)nc2cc1C. The Hall–Kier alpha value is -3.81. The van der Waals surface area contributed by atoms with Crippen molar-refractivity contribution in [3.05, 3.63) is 65.2 Å². The first kappa shape index (κ1) is 17.6. The van der Waals surface area contributed by atoms with E-state index in [1.807, 2.05) is 26.0 Å². The van der Waals surface area contributed by atoms with Gasteiger partial charge in [0.25, 0.3) is 0 Å². The van der Waals surface area contributed by atoms with E-state index in [1.54, 1.807) is 6.07 Å². The molecule has 7 nitrogen and oxygen atoms in total. The van der Waals surface area contributed by atoms with Crippen molar-refractivity contribution in [1.29, 1.82) is 0 Å². The molecule has 140 valence electrons. The zero-order valence-electron chi connectivity index (χ0n) is 15.0. The van der Waals surface area contributed by atoms with Gasteiger partial charge in [0.2, 0.25) is 17.6 Å². The number of nitrogens with zero attached hydrogens (tertiary/aromatic N) is 3. The zero-order chi connectivity index (χ0) is 19.8. The Kier molecular flexibility index (Phi) is 4.23. The van der Waals surface area contributed by atoms with Crippen molar-refractivity contribution in [2.24, 2.45) is 0 Å². The number of carboxylic acid groups (broad SMARTS) is 1. The number of fused-ring (bicyclic) bond motifs is 1. The second kappa shape index (κ2) is 6.73. The maximum atomic E-state index is 13.4. The van der Waals surface area contributed by atoms with E-state index in [1.165, 1.54) is 24.3 Å². The van der Waals surface area contributed by atoms with Crippen LogP contribution in [0.1, 0.15) is 21.7 Å². The highest BCUT2D eigenvalue weighted by molar-refractivity contribution is 5.86. The third-order valence-electron chi connectivity index (χ3n) is 4.33. The number of rotatable bonds is 4. The van der Waals surface area contributed by atoms with Crippen LogP contribution < -0.4 is 5.32 Å². The van der Waals surface area contributed by atoms with Crippen molar-refractivity contribution < 1.29 is 18.7 Å². The number of aromatic carboxylic acids is 1. The predicted octanol–water partition coefficient (Wildman–Crippen LogP) is 4.48. The standard InChI is InChI=1S/C20H15FN4O3/c1-10-7-12(21)3-4-13(10)14-9-16-15(8-11(14)2)22-20(25-24-16)23-18-6-5-17(28-18)19(26)27/h3-9H,1-2H3,(H,26,27)(H,22,23,25). The molecule has 2 N–H and O–H groups in total. The molecule has 8 heteroatoms. The lowest BCUT2D eigenvalue weighted by Crippen LogP contribution is -2.00. The number of furan rings is 1. The fourth-order valence-corrected chi connectivity index (χ4v) is 2.99. The minimum Gasteiger partial charge on any atom is -0.475 e. The van der Waals surface area contributed by atoms with E-state index < -0.39 is 5.97 Å². The molecule has 0 saturated heterocycles. The summed E-state index contributed by atoms with van der Waals surface area (Å²) in [7, 11) is 0. The number of carboxylic acids is 1. The molecule has 0 radical (unpaired) electrons. The van der Waals surface area contributed by atoms with Crippen molar-refractivity contribution in [1.82, 2.24) is 15.2 Å². The second-order valence-electron chi connectivity index (χ2n) is 6.34. The van der Waals surface area contributed by atoms with Crippen molar-refractivity contribution in [3.8, 4) is 11.1 Å². The first-order chi connectivity index (χ1) is 13.4. The molecule has 2 aromatic heterocycles. The first-order valence-electron chi connectivity index (χ1n) is 8.42. The van der Waals surface area contributed by atoms with Gasteiger partial charge in [0, 0.05) is 6.07 Å². The third kappa shape index (κ3) is 3.27. The fraction of sp³-hybridized carbons (Fsp3) is 0.100. The van der Waals surface area contributed by atoms with E-state index >= 15 is 0 Å². The van der Waals surface area contributed by atoms with Crippen LogP contribution in [-0.4, -0.2) is 26.3 Å². The molecule has 0 unspecified atom stereocenters. The lowest BCUT2D eigenvalue weighted by atomic mass is 9.96. The summed E-state index contributed by atoms with van der Waals surface area (Å²) in [5, 5.41) is 19.9. The van der Waals surface area contributed by atoms with Crippen LogP contribution in [-0.2, 0) is 0 Å². The lowest BCUT2D eigenvalue weighted by Gasteiger charge is -2.11. The van der Waals surface area contributed by atoms with Crippen LogP contribution in [0.2, 0.25) is 0 Å². The Morgan fingerprint density at radius 1 is 1.00 bits per heavy atom. The van der Waals surface area contributed by atoms with Gasteiger partial charge in [0.05, 0.1) is 5.52 Å². The van der Waals surface area contributed by atoms with Gasteiger partial charge in [-0.05, 0) is 66.4 Å². The number of hydrogen-bond acceptors (Lipinski definition) is 6. The van der Waals surface area contributed by atoms with E-state index in [2.05, 4.69) is 20.5 Å². The van der Waals surface area contributed by atoms with Crippen LogP contribution in [0.25, 0.3) is 22.2 Å². The van der Waals surface area contributed by atoms with E-state index in [0.29, 0.717) is 11.0 Å². The highest BCUT2D eigenvalue weighted by Crippen LogP contribution is 2.30. The van der Waals surface area contributed by atoms with Crippen molar-refractivity contribution in [2.45, 2.75) is 13.8 Å². The average Bonchev–Trinajstić information content (AvgIpc) is 3.10. The molecule has 0 aliphatic rings. The number of anilines is 2. The molecule has 0 atom stereocenters. The third-order valence-corrected chi connectivity index (χ3v) is 4.33. The molecule has 4 aromatic rings. The van der Waals surface area contributed by atoms with Crippen LogP contribution in [0.15, 0.2) is 46.9 Å². The van der Waals surface area contributed by atoms with Gasteiger partial charge < -0.3 is 9.52 Å². The number of halogens is 1. The zero-order valence-corrected chi connectivity index (χ0v) is 15.0. The van der Waals surface area contributed by atoms with Crippen LogP contribution in [0.4, 0.5) is 16.2 Å². The van der Waals surface area contributed by atoms with Crippen LogP contribution in [0.3, 0.4) is 0 Å². The fourth-order valence-electron chi connectivity index (χ4n) is 2.99. The Balaban J connectivity index is 1.70. The molecule has 2 heterocycles. The number of aromatic nitrogens is 3. The molecular weight excluding hydrogens is 363 g/mol. The molecule has 0 fully saturated rings. The molecule has 0 bridgehead atoms. The van der Waals surface area contributed by atoms with Gasteiger partial charge in [-0.25, -0.2) is 14.2 Å². The molecular formula is C20H15FN4O3. The summed E-state index contributed by atoms with van der Waals surface area (Å²) < 4.78 is 18.5. The van der Waals surface area contributed by atoms with E-state index in [4.69, 9.17) is 9.52 Å². The summed E-state index contributed by atoms with van der Waals surface area (Å²) >= 11 is 0. The lowest BCUT2D eigenvalue weighted by molar-refractivity contribution is 0.0663. The number of hydrogen-bond donors (Lipinski definition) is 2. The maximum absolute atomic E-state index is 13.4. The molecule has 0 aliphatic heterocycles. The maximum Gasteiger partial charge on any atom is 0.371 e. The molecule has 2 aromatic carbocycles. The summed E-state index contributed by atoms with van der Waals surface area (Å²) in [6.07, 6.45) is 0. The van der Waals surface area contributed by atoms with Gasteiger partial charge in [-0.3, -0.25) is 5.32 Å². The topological polar surface area (TPSA) is 101 Å². The average molecular weight is 378 g/mol. The molecule has 0 saturated carbocycles. The minimum absolute atomic E-state index is 0.184. The summed E-state index contributed by atoms with van der Waals surface area (Å²) in [6.45, 7) is 3.80. The summed E-state index contributed by atoms with van der Waals surface area (Å²) in [5.41, 5.74) is 4.83. The molecule has 28 heavy (non-hydrogen) atoms. The number of benzene rings is 2. The normalized spacial score (nSPS) is 11.0. The van der Waals surface area contributed by atoms with Crippen molar-refractivity contribution in [3.63, 3.8) is 0 Å². The summed E-state index contributed by atoms with van der Waals surface area (Å²) in [6, 6.07) is 11.2. The quantitative estimate of drug-likeness (QED) is 0.540. The van der Waals surface area contributed by atoms with E-state index in [9.17, 15) is 9.18 Å². The van der Waals surface area contributed by atoms with Crippen LogP contribution in [0.5, 0.6) is 0 Å². The van der Waals surface area contributed by atoms with Crippen LogP contribution in [0, 0.1) is 19.7 Å². The Morgan fingerprint density at radius 2 is 1.79 bits per heavy atom. The van der Waals surface area contributed by atoms with Gasteiger partial charge in [-0.15, -0.1) is 10.2 Å². The first-order valence-corrected chi connectivity index (χ1v) is 8.42. The van der Waals surface area contributed by atoms with Gasteiger partial charge in [0.15, 0.2) is 0 Å². The van der Waals surface area contributed by atoms with Gasteiger partial charge in [-0.2, -0.15) is 0 Å². The number of aryl methyl sites for hydroxylation is 2. The molecule has 0 spiro atoms. The smallest absolute Gasteiger partial charge is 0.371 e. The second-order valence-corrected chi connectivity index (χ2v) is 6.34. The van der Waals surface area contributed by atoms with Crippen molar-refractivity contribution >= 4 is 28.8 Å². The summed E-state index contributed by atoms with van der Waals surface area (Å²) in [4.78, 5) is 15.3. The van der Waals surface area contributed by atoms with E-state index in [-0.39, 0.29) is 23.4 Å². The van der Waals surface area contributed by atoms with Crippen molar-refractivity contribution in [2.75, 3.05) is 5.32 Å². The van der Waals surface area contributed by atoms with Crippen LogP contribution >= 0.6 is 0 Å². The van der Waals surface area contributed by atoms with Gasteiger partial charge >= 0.3 is 5.97 Å². The number of nitrogens with one attached hydrogen (secondary N) is 1. The Morgan fingerprint density at radius 3 is 2.50 bits per heavy atom. The Labute approximate surface area is 158 Å². The molecule has 0 amide bonds. The molecule has 0 aliphatic carbocycles. The Bertz CT molecular complexity index is 1220. The van der Waals surface area contributed by atoms with Gasteiger partial charge in [-0.1, -0.05) is 6.07 Å². The summed E-state index contributed by atoms with van der Waals surface area (Å²) in [5.74, 6) is -1.24. The highest BCUT2D eigenvalue weighted by atomic mass is 19.1. The number of carbonyl (C=O) groups is 1. The minimum atomic E-state index is -1.16. The monoisotopic (exact) mass is 378 g/mol. The van der Waals surface area contributed by atoms with Gasteiger partial charge in [0.1, 0.15) is 11.3 Å². The van der Waals surface area contributed by atoms with E-state index in [0.717, 1.165) is 22.3 Å².